The molecule has 92 valence electrons. The number of hydrogen-bond donors (Lipinski definition) is 1. The van der Waals surface area contributed by atoms with E-state index in [-0.39, 0.29) is 0 Å². The van der Waals surface area contributed by atoms with Gasteiger partial charge < -0.3 is 5.73 Å². The molecule has 0 aliphatic heterocycles. The molecule has 1 aromatic carbocycles. The molecule has 2 aromatic rings. The fraction of sp³-hybridized carbons (Fsp3) is 0.286. The van der Waals surface area contributed by atoms with Crippen molar-refractivity contribution in [3.8, 4) is 6.07 Å². The topological polar surface area (TPSA) is 62.7 Å². The van der Waals surface area contributed by atoms with Gasteiger partial charge in [-0.15, -0.1) is 11.3 Å². The highest BCUT2D eigenvalue weighted by Gasteiger charge is 2.09. The van der Waals surface area contributed by atoms with Crippen molar-refractivity contribution >= 4 is 16.5 Å². The molecule has 0 aliphatic carbocycles. The number of aromatic nitrogens is 1. The second-order valence-corrected chi connectivity index (χ2v) is 5.27. The van der Waals surface area contributed by atoms with E-state index in [1.165, 1.54) is 10.4 Å². The van der Waals surface area contributed by atoms with E-state index < -0.39 is 0 Å². The zero-order valence-corrected chi connectivity index (χ0v) is 11.1. The monoisotopic (exact) mass is 257 g/mol. The SMILES string of the molecule is CCCc1nc(N)sc1Cc1ccc(C#N)cc1. The van der Waals surface area contributed by atoms with Crippen LogP contribution >= 0.6 is 11.3 Å². The van der Waals surface area contributed by atoms with E-state index in [1.807, 2.05) is 24.3 Å². The van der Waals surface area contributed by atoms with Crippen LogP contribution < -0.4 is 5.73 Å². The third kappa shape index (κ3) is 2.88. The summed E-state index contributed by atoms with van der Waals surface area (Å²) in [6.45, 7) is 2.14. The Balaban J connectivity index is 2.19. The molecular weight excluding hydrogens is 242 g/mol. The van der Waals surface area contributed by atoms with Gasteiger partial charge in [0, 0.05) is 11.3 Å². The average molecular weight is 257 g/mol. The van der Waals surface area contributed by atoms with Gasteiger partial charge in [-0.1, -0.05) is 25.5 Å². The van der Waals surface area contributed by atoms with Gasteiger partial charge >= 0.3 is 0 Å². The summed E-state index contributed by atoms with van der Waals surface area (Å²) in [5, 5.41) is 9.40. The van der Waals surface area contributed by atoms with Crippen LogP contribution in [-0.2, 0) is 12.8 Å². The van der Waals surface area contributed by atoms with E-state index in [0.717, 1.165) is 25.0 Å². The number of nitriles is 1. The van der Waals surface area contributed by atoms with E-state index in [1.54, 1.807) is 11.3 Å². The second-order valence-electron chi connectivity index (χ2n) is 4.16. The fourth-order valence-electron chi connectivity index (χ4n) is 1.86. The van der Waals surface area contributed by atoms with Crippen molar-refractivity contribution in [2.24, 2.45) is 0 Å². The Kier molecular flexibility index (Phi) is 3.96. The molecule has 0 amide bonds. The Bertz CT molecular complexity index is 564. The van der Waals surface area contributed by atoms with Crippen molar-refractivity contribution in [2.45, 2.75) is 26.2 Å². The molecule has 0 aliphatic rings. The van der Waals surface area contributed by atoms with Crippen molar-refractivity contribution in [1.82, 2.24) is 4.98 Å². The maximum atomic E-state index is 8.76. The van der Waals surface area contributed by atoms with E-state index in [2.05, 4.69) is 18.0 Å². The summed E-state index contributed by atoms with van der Waals surface area (Å²) >= 11 is 1.56. The molecule has 0 radical (unpaired) electrons. The Morgan fingerprint density at radius 3 is 2.67 bits per heavy atom. The molecule has 1 heterocycles. The summed E-state index contributed by atoms with van der Waals surface area (Å²) < 4.78 is 0. The molecular formula is C14H15N3S. The largest absolute Gasteiger partial charge is 0.375 e. The fourth-order valence-corrected chi connectivity index (χ4v) is 2.77. The summed E-state index contributed by atoms with van der Waals surface area (Å²) in [5.41, 5.74) is 8.77. The van der Waals surface area contributed by atoms with Gasteiger partial charge in [0.2, 0.25) is 0 Å². The Morgan fingerprint density at radius 1 is 1.33 bits per heavy atom. The third-order valence-electron chi connectivity index (χ3n) is 2.73. The molecule has 3 nitrogen and oxygen atoms in total. The van der Waals surface area contributed by atoms with Gasteiger partial charge in [-0.25, -0.2) is 4.98 Å². The summed E-state index contributed by atoms with van der Waals surface area (Å²) in [4.78, 5) is 5.61. The van der Waals surface area contributed by atoms with Crippen molar-refractivity contribution in [3.63, 3.8) is 0 Å². The van der Waals surface area contributed by atoms with E-state index in [0.29, 0.717) is 10.7 Å². The van der Waals surface area contributed by atoms with Gasteiger partial charge in [-0.3, -0.25) is 0 Å². The normalized spacial score (nSPS) is 10.2. The predicted molar refractivity (Wildman–Crippen MR) is 74.5 cm³/mol. The molecule has 0 saturated carbocycles. The first kappa shape index (κ1) is 12.6. The highest BCUT2D eigenvalue weighted by molar-refractivity contribution is 7.15. The van der Waals surface area contributed by atoms with E-state index in [4.69, 9.17) is 11.0 Å². The van der Waals surface area contributed by atoms with Crippen LogP contribution in [0.2, 0.25) is 0 Å². The highest BCUT2D eigenvalue weighted by Crippen LogP contribution is 2.24. The smallest absolute Gasteiger partial charge is 0.180 e. The molecule has 0 atom stereocenters. The van der Waals surface area contributed by atoms with Crippen molar-refractivity contribution in [3.05, 3.63) is 46.0 Å². The minimum absolute atomic E-state index is 0.641. The van der Waals surface area contributed by atoms with Crippen molar-refractivity contribution < 1.29 is 0 Å². The Morgan fingerprint density at radius 2 is 2.06 bits per heavy atom. The predicted octanol–water partition coefficient (Wildman–Crippen LogP) is 3.14. The molecule has 0 spiro atoms. The lowest BCUT2D eigenvalue weighted by atomic mass is 10.1. The van der Waals surface area contributed by atoms with Gasteiger partial charge in [-0.05, 0) is 24.1 Å². The lowest BCUT2D eigenvalue weighted by molar-refractivity contribution is 0.879. The maximum absolute atomic E-state index is 8.76. The molecule has 1 aromatic heterocycles. The number of anilines is 1. The van der Waals surface area contributed by atoms with Gasteiger partial charge in [0.1, 0.15) is 0 Å². The van der Waals surface area contributed by atoms with Crippen LogP contribution in [0.3, 0.4) is 0 Å². The number of aryl methyl sites for hydroxylation is 1. The third-order valence-corrected chi connectivity index (χ3v) is 3.66. The maximum Gasteiger partial charge on any atom is 0.180 e. The summed E-state index contributed by atoms with van der Waals surface area (Å²) in [7, 11) is 0. The highest BCUT2D eigenvalue weighted by atomic mass is 32.1. The van der Waals surface area contributed by atoms with Crippen LogP contribution in [0.15, 0.2) is 24.3 Å². The number of nitrogens with two attached hydrogens (primary N) is 1. The number of nitrogens with zero attached hydrogens (tertiary/aromatic N) is 2. The molecule has 0 bridgehead atoms. The summed E-state index contributed by atoms with van der Waals surface area (Å²) in [6.07, 6.45) is 2.89. The van der Waals surface area contributed by atoms with E-state index >= 15 is 0 Å². The number of rotatable bonds is 4. The minimum Gasteiger partial charge on any atom is -0.375 e. The zero-order chi connectivity index (χ0) is 13.0. The van der Waals surface area contributed by atoms with Gasteiger partial charge in [-0.2, -0.15) is 5.26 Å². The average Bonchev–Trinajstić information content (AvgIpc) is 2.71. The van der Waals surface area contributed by atoms with Crippen molar-refractivity contribution in [2.75, 3.05) is 5.73 Å². The molecule has 18 heavy (non-hydrogen) atoms. The van der Waals surface area contributed by atoms with Crippen LogP contribution in [0.4, 0.5) is 5.13 Å². The molecule has 0 unspecified atom stereocenters. The zero-order valence-electron chi connectivity index (χ0n) is 10.3. The Hall–Kier alpha value is -1.86. The van der Waals surface area contributed by atoms with Crippen LogP contribution in [0.1, 0.15) is 35.0 Å². The quantitative estimate of drug-likeness (QED) is 0.915. The minimum atomic E-state index is 0.641. The first-order chi connectivity index (χ1) is 8.72. The van der Waals surface area contributed by atoms with Gasteiger partial charge in [0.05, 0.1) is 17.3 Å². The molecule has 2 rings (SSSR count). The lowest BCUT2D eigenvalue weighted by Crippen LogP contribution is -1.93. The molecule has 2 N–H and O–H groups in total. The standard InChI is InChI=1S/C14H15N3S/c1-2-3-12-13(18-14(16)17-12)8-10-4-6-11(9-15)7-5-10/h4-7H,2-3,8H2,1H3,(H2,16,17). The summed E-state index contributed by atoms with van der Waals surface area (Å²) in [5.74, 6) is 0. The molecule has 0 saturated heterocycles. The van der Waals surface area contributed by atoms with Gasteiger partial charge in [0.25, 0.3) is 0 Å². The van der Waals surface area contributed by atoms with Crippen molar-refractivity contribution in [1.29, 1.82) is 5.26 Å². The number of hydrogen-bond acceptors (Lipinski definition) is 4. The first-order valence-corrected chi connectivity index (χ1v) is 6.77. The van der Waals surface area contributed by atoms with Crippen LogP contribution in [0.25, 0.3) is 0 Å². The van der Waals surface area contributed by atoms with Crippen LogP contribution in [0.5, 0.6) is 0 Å². The molecule has 0 fully saturated rings. The van der Waals surface area contributed by atoms with Crippen LogP contribution in [-0.4, -0.2) is 4.98 Å². The van der Waals surface area contributed by atoms with Gasteiger partial charge in [0.15, 0.2) is 5.13 Å². The number of nitrogen functional groups attached to an aromatic ring is 1. The second kappa shape index (κ2) is 5.65. The summed E-state index contributed by atoms with van der Waals surface area (Å²) in [6, 6.07) is 9.80. The molecule has 4 heteroatoms. The van der Waals surface area contributed by atoms with Crippen LogP contribution in [0, 0.1) is 11.3 Å². The lowest BCUT2D eigenvalue weighted by Gasteiger charge is -2.01. The van der Waals surface area contributed by atoms with E-state index in [9.17, 15) is 0 Å². The Labute approximate surface area is 111 Å². The number of benzene rings is 1. The first-order valence-electron chi connectivity index (χ1n) is 5.96. The number of thiazole rings is 1.